The van der Waals surface area contributed by atoms with Crippen molar-refractivity contribution in [1.29, 1.82) is 0 Å². The number of carbonyl (C=O) groups excluding carboxylic acids is 2. The number of hydrogen-bond acceptors (Lipinski definition) is 5. The highest BCUT2D eigenvalue weighted by Gasteiger charge is 2.45. The van der Waals surface area contributed by atoms with E-state index >= 15 is 0 Å². The Morgan fingerprint density at radius 2 is 2.20 bits per heavy atom. The van der Waals surface area contributed by atoms with Crippen molar-refractivity contribution < 1.29 is 19.4 Å². The number of ether oxygens (including phenoxy) is 1. The van der Waals surface area contributed by atoms with E-state index in [0.717, 1.165) is 25.9 Å². The van der Waals surface area contributed by atoms with E-state index < -0.39 is 17.7 Å². The highest BCUT2D eigenvalue weighted by Crippen LogP contribution is 2.30. The lowest BCUT2D eigenvalue weighted by molar-refractivity contribution is -0.305. The normalized spacial score (nSPS) is 24.3. The van der Waals surface area contributed by atoms with E-state index in [9.17, 15) is 14.7 Å². The van der Waals surface area contributed by atoms with Crippen LogP contribution in [0.5, 0.6) is 0 Å². The first-order valence-electron chi connectivity index (χ1n) is 5.00. The minimum atomic E-state index is -1.25. The number of carboxylic acid groups (broad SMARTS) is 1. The summed E-state index contributed by atoms with van der Waals surface area (Å²) in [4.78, 5) is 23.0. The number of nitrogens with one attached hydrogen (secondary N) is 1. The van der Waals surface area contributed by atoms with Gasteiger partial charge in [0.1, 0.15) is 5.60 Å². The van der Waals surface area contributed by atoms with E-state index in [-0.39, 0.29) is 6.54 Å². The quantitative estimate of drug-likeness (QED) is 0.592. The van der Waals surface area contributed by atoms with Crippen LogP contribution in [0.4, 0.5) is 4.79 Å². The summed E-state index contributed by atoms with van der Waals surface area (Å²) in [7, 11) is 0. The van der Waals surface area contributed by atoms with Gasteiger partial charge in [-0.25, -0.2) is 4.79 Å². The van der Waals surface area contributed by atoms with Crippen molar-refractivity contribution in [3.8, 4) is 0 Å². The van der Waals surface area contributed by atoms with Gasteiger partial charge in [0.05, 0.1) is 19.1 Å². The molecule has 2 aliphatic rings. The molecule has 1 amide bonds. The molecule has 2 rings (SSSR count). The van der Waals surface area contributed by atoms with Gasteiger partial charge in [-0.3, -0.25) is 4.90 Å². The molecule has 1 spiro atoms. The SMILES string of the molecule is O=C([O-])CN1CC2(CCNCC2)OC1=O. The van der Waals surface area contributed by atoms with Crippen molar-refractivity contribution in [3.63, 3.8) is 0 Å². The summed E-state index contributed by atoms with van der Waals surface area (Å²) in [6.45, 7) is 1.58. The summed E-state index contributed by atoms with van der Waals surface area (Å²) >= 11 is 0. The van der Waals surface area contributed by atoms with Gasteiger partial charge in [0.25, 0.3) is 0 Å². The van der Waals surface area contributed by atoms with Crippen LogP contribution in [0.2, 0.25) is 0 Å². The number of piperidine rings is 1. The van der Waals surface area contributed by atoms with Gasteiger partial charge in [-0.05, 0) is 13.1 Å². The number of amides is 1. The average Bonchev–Trinajstić information content (AvgIpc) is 2.43. The first kappa shape index (κ1) is 10.2. The first-order chi connectivity index (χ1) is 7.11. The van der Waals surface area contributed by atoms with Crippen LogP contribution in [0.3, 0.4) is 0 Å². The third-order valence-corrected chi connectivity index (χ3v) is 2.88. The summed E-state index contributed by atoms with van der Waals surface area (Å²) in [6.07, 6.45) is 0.936. The summed E-state index contributed by atoms with van der Waals surface area (Å²) in [5, 5.41) is 13.6. The molecular weight excluding hydrogens is 200 g/mol. The minimum absolute atomic E-state index is 0.363. The third kappa shape index (κ3) is 2.04. The molecule has 0 radical (unpaired) electrons. The van der Waals surface area contributed by atoms with Gasteiger partial charge in [0, 0.05) is 12.8 Å². The highest BCUT2D eigenvalue weighted by atomic mass is 16.6. The van der Waals surface area contributed by atoms with E-state index in [0.29, 0.717) is 6.54 Å². The van der Waals surface area contributed by atoms with Crippen LogP contribution in [-0.2, 0) is 9.53 Å². The molecule has 2 aliphatic heterocycles. The fraction of sp³-hybridized carbons (Fsp3) is 0.778. The van der Waals surface area contributed by atoms with Crippen molar-refractivity contribution in [2.75, 3.05) is 26.2 Å². The fourth-order valence-electron chi connectivity index (χ4n) is 2.11. The number of nitrogens with zero attached hydrogens (tertiary/aromatic N) is 1. The van der Waals surface area contributed by atoms with E-state index in [2.05, 4.69) is 5.32 Å². The molecule has 0 aromatic heterocycles. The topological polar surface area (TPSA) is 81.7 Å². The maximum Gasteiger partial charge on any atom is 0.410 e. The van der Waals surface area contributed by atoms with E-state index in [1.807, 2.05) is 0 Å². The predicted octanol–water partition coefficient (Wildman–Crippen LogP) is -1.69. The second-order valence-corrected chi connectivity index (χ2v) is 4.03. The second-order valence-electron chi connectivity index (χ2n) is 4.03. The van der Waals surface area contributed by atoms with E-state index in [4.69, 9.17) is 4.74 Å². The molecule has 0 unspecified atom stereocenters. The second kappa shape index (κ2) is 3.69. The molecule has 0 aromatic carbocycles. The molecule has 0 saturated carbocycles. The Kier molecular flexibility index (Phi) is 2.52. The van der Waals surface area contributed by atoms with Gasteiger partial charge >= 0.3 is 6.09 Å². The van der Waals surface area contributed by atoms with Crippen molar-refractivity contribution in [2.45, 2.75) is 18.4 Å². The Hall–Kier alpha value is -1.30. The molecule has 0 bridgehead atoms. The van der Waals surface area contributed by atoms with Gasteiger partial charge in [0.2, 0.25) is 0 Å². The highest BCUT2D eigenvalue weighted by molar-refractivity contribution is 5.77. The van der Waals surface area contributed by atoms with Crippen LogP contribution in [0.15, 0.2) is 0 Å². The Morgan fingerprint density at radius 3 is 2.80 bits per heavy atom. The van der Waals surface area contributed by atoms with E-state index in [1.54, 1.807) is 0 Å². The smallest absolute Gasteiger partial charge is 0.410 e. The van der Waals surface area contributed by atoms with Crippen LogP contribution in [0.1, 0.15) is 12.8 Å². The van der Waals surface area contributed by atoms with Gasteiger partial charge in [0.15, 0.2) is 0 Å². The standard InChI is InChI=1S/C9H14N2O4/c12-7(13)5-11-6-9(15-8(11)14)1-3-10-4-2-9/h10H,1-6H2,(H,12,13)/p-1. The molecule has 0 aliphatic carbocycles. The zero-order valence-electron chi connectivity index (χ0n) is 8.32. The number of hydrogen-bond donors (Lipinski definition) is 1. The van der Waals surface area contributed by atoms with Crippen LogP contribution in [-0.4, -0.2) is 48.7 Å². The summed E-state index contributed by atoms with van der Waals surface area (Å²) in [6, 6.07) is 0. The molecule has 2 saturated heterocycles. The first-order valence-corrected chi connectivity index (χ1v) is 5.00. The number of rotatable bonds is 2. The monoisotopic (exact) mass is 213 g/mol. The maximum atomic E-state index is 11.4. The summed E-state index contributed by atoms with van der Waals surface area (Å²) in [5.41, 5.74) is -0.474. The maximum absolute atomic E-state index is 11.4. The molecular formula is C9H13N2O4-. The van der Waals surface area contributed by atoms with Crippen molar-refractivity contribution >= 4 is 12.1 Å². The molecule has 2 fully saturated rings. The minimum Gasteiger partial charge on any atom is -0.548 e. The van der Waals surface area contributed by atoms with Crippen molar-refractivity contribution in [1.82, 2.24) is 10.2 Å². The molecule has 84 valence electrons. The largest absolute Gasteiger partial charge is 0.548 e. The summed E-state index contributed by atoms with van der Waals surface area (Å²) < 4.78 is 5.26. The average molecular weight is 213 g/mol. The third-order valence-electron chi connectivity index (χ3n) is 2.88. The molecule has 0 atom stereocenters. The lowest BCUT2D eigenvalue weighted by Crippen LogP contribution is -2.46. The Labute approximate surface area is 87.2 Å². The van der Waals surface area contributed by atoms with Gasteiger partial charge in [-0.1, -0.05) is 0 Å². The lowest BCUT2D eigenvalue weighted by Gasteiger charge is -2.31. The van der Waals surface area contributed by atoms with Crippen LogP contribution < -0.4 is 10.4 Å². The molecule has 1 N–H and O–H groups in total. The van der Waals surface area contributed by atoms with Crippen LogP contribution in [0, 0.1) is 0 Å². The molecule has 2 heterocycles. The molecule has 6 heteroatoms. The van der Waals surface area contributed by atoms with Gasteiger partial charge < -0.3 is 20.0 Å². The van der Waals surface area contributed by atoms with Gasteiger partial charge in [-0.2, -0.15) is 0 Å². The molecule has 6 nitrogen and oxygen atoms in total. The number of aliphatic carboxylic acids is 1. The van der Waals surface area contributed by atoms with Crippen molar-refractivity contribution in [2.24, 2.45) is 0 Å². The number of carbonyl (C=O) groups is 2. The Morgan fingerprint density at radius 1 is 1.53 bits per heavy atom. The zero-order valence-corrected chi connectivity index (χ0v) is 8.32. The molecule has 0 aromatic rings. The number of carboxylic acids is 1. The fourth-order valence-corrected chi connectivity index (χ4v) is 2.11. The molecule has 15 heavy (non-hydrogen) atoms. The lowest BCUT2D eigenvalue weighted by atomic mass is 9.92. The Bertz CT molecular complexity index is 286. The van der Waals surface area contributed by atoms with Gasteiger partial charge in [-0.15, -0.1) is 0 Å². The van der Waals surface area contributed by atoms with Crippen LogP contribution in [0.25, 0.3) is 0 Å². The van der Waals surface area contributed by atoms with Crippen molar-refractivity contribution in [3.05, 3.63) is 0 Å². The summed E-state index contributed by atoms with van der Waals surface area (Å²) in [5.74, 6) is -1.25. The van der Waals surface area contributed by atoms with Crippen LogP contribution >= 0.6 is 0 Å². The Balaban J connectivity index is 2.01. The predicted molar refractivity (Wildman–Crippen MR) is 47.9 cm³/mol. The van der Waals surface area contributed by atoms with E-state index in [1.165, 1.54) is 4.90 Å². The zero-order chi connectivity index (χ0) is 10.9.